The van der Waals surface area contributed by atoms with E-state index in [0.717, 1.165) is 12.1 Å². The lowest BCUT2D eigenvalue weighted by atomic mass is 10.2. The highest BCUT2D eigenvalue weighted by atomic mass is 35.5. The average molecular weight is 252 g/mol. The smallest absolute Gasteiger partial charge is 0.159 e. The fourth-order valence-corrected chi connectivity index (χ4v) is 1.39. The highest BCUT2D eigenvalue weighted by Crippen LogP contribution is 2.16. The fraction of sp³-hybridized carbons (Fsp3) is 0. The predicted molar refractivity (Wildman–Crippen MR) is 65.1 cm³/mol. The molecule has 0 radical (unpaired) electrons. The average Bonchev–Trinajstić information content (AvgIpc) is 2.33. The van der Waals surface area contributed by atoms with Gasteiger partial charge in [-0.15, -0.1) is 0 Å². The van der Waals surface area contributed by atoms with Gasteiger partial charge in [0.2, 0.25) is 0 Å². The summed E-state index contributed by atoms with van der Waals surface area (Å²) in [7, 11) is 0. The second-order valence-corrected chi connectivity index (χ2v) is 3.84. The Morgan fingerprint density at radius 2 is 1.65 bits per heavy atom. The van der Waals surface area contributed by atoms with Gasteiger partial charge in [-0.1, -0.05) is 17.7 Å². The lowest BCUT2D eigenvalue weighted by Gasteiger charge is -1.96. The fourth-order valence-electron chi connectivity index (χ4n) is 1.27. The van der Waals surface area contributed by atoms with Crippen molar-refractivity contribution in [3.8, 4) is 0 Å². The van der Waals surface area contributed by atoms with Crippen LogP contribution in [0.15, 0.2) is 47.5 Å². The zero-order valence-electron chi connectivity index (χ0n) is 8.70. The van der Waals surface area contributed by atoms with Gasteiger partial charge in [-0.2, -0.15) is 0 Å². The zero-order valence-corrected chi connectivity index (χ0v) is 9.46. The molecule has 0 saturated carbocycles. The summed E-state index contributed by atoms with van der Waals surface area (Å²) in [5.41, 5.74) is 1.19. The van der Waals surface area contributed by atoms with Crippen molar-refractivity contribution in [3.05, 3.63) is 64.7 Å². The maximum absolute atomic E-state index is 12.9. The minimum atomic E-state index is -0.884. The van der Waals surface area contributed by atoms with Crippen LogP contribution in [0.4, 0.5) is 14.5 Å². The van der Waals surface area contributed by atoms with Crippen LogP contribution in [-0.4, -0.2) is 6.21 Å². The molecule has 0 aliphatic rings. The molecule has 2 aromatic rings. The van der Waals surface area contributed by atoms with Crippen LogP contribution in [-0.2, 0) is 0 Å². The van der Waals surface area contributed by atoms with Gasteiger partial charge in [-0.3, -0.25) is 4.99 Å². The van der Waals surface area contributed by atoms with E-state index < -0.39 is 11.6 Å². The highest BCUT2D eigenvalue weighted by Gasteiger charge is 2.00. The molecule has 4 heteroatoms. The first kappa shape index (κ1) is 11.7. The van der Waals surface area contributed by atoms with Crippen molar-refractivity contribution >= 4 is 23.5 Å². The van der Waals surface area contributed by atoms with Gasteiger partial charge in [-0.25, -0.2) is 8.78 Å². The third-order valence-electron chi connectivity index (χ3n) is 2.13. The number of hydrogen-bond donors (Lipinski definition) is 0. The number of nitrogens with zero attached hydrogens (tertiary/aromatic N) is 1. The molecule has 0 unspecified atom stereocenters. The molecular formula is C13H8ClF2N. The van der Waals surface area contributed by atoms with Gasteiger partial charge in [0.15, 0.2) is 11.6 Å². The van der Waals surface area contributed by atoms with Crippen molar-refractivity contribution in [2.75, 3.05) is 0 Å². The van der Waals surface area contributed by atoms with E-state index in [-0.39, 0.29) is 0 Å². The summed E-state index contributed by atoms with van der Waals surface area (Å²) in [4.78, 5) is 4.12. The molecule has 0 bridgehead atoms. The van der Waals surface area contributed by atoms with Crippen LogP contribution in [0.25, 0.3) is 0 Å². The molecule has 0 heterocycles. The first-order chi connectivity index (χ1) is 8.15. The Hall–Kier alpha value is -1.74. The molecule has 2 rings (SSSR count). The Morgan fingerprint density at radius 1 is 0.941 bits per heavy atom. The first-order valence-corrected chi connectivity index (χ1v) is 5.27. The Kier molecular flexibility index (Phi) is 3.49. The van der Waals surface area contributed by atoms with Gasteiger partial charge in [0.05, 0.1) is 5.69 Å². The van der Waals surface area contributed by atoms with Crippen LogP contribution in [0, 0.1) is 11.6 Å². The topological polar surface area (TPSA) is 12.4 Å². The predicted octanol–water partition coefficient (Wildman–Crippen LogP) is 4.37. The monoisotopic (exact) mass is 251 g/mol. The van der Waals surface area contributed by atoms with E-state index in [4.69, 9.17) is 11.6 Å². The number of halogens is 3. The number of rotatable bonds is 2. The maximum atomic E-state index is 12.9. The van der Waals surface area contributed by atoms with E-state index in [1.54, 1.807) is 24.3 Å². The Morgan fingerprint density at radius 3 is 2.29 bits per heavy atom. The molecule has 0 saturated heterocycles. The Labute approximate surface area is 102 Å². The van der Waals surface area contributed by atoms with Crippen LogP contribution < -0.4 is 0 Å². The second-order valence-electron chi connectivity index (χ2n) is 3.41. The van der Waals surface area contributed by atoms with Gasteiger partial charge in [-0.05, 0) is 42.0 Å². The second kappa shape index (κ2) is 5.06. The lowest BCUT2D eigenvalue weighted by molar-refractivity contribution is 0.508. The van der Waals surface area contributed by atoms with Crippen LogP contribution >= 0.6 is 11.6 Å². The van der Waals surface area contributed by atoms with Crippen molar-refractivity contribution < 1.29 is 8.78 Å². The van der Waals surface area contributed by atoms with Crippen molar-refractivity contribution in [1.82, 2.24) is 0 Å². The van der Waals surface area contributed by atoms with Crippen molar-refractivity contribution in [1.29, 1.82) is 0 Å². The van der Waals surface area contributed by atoms with E-state index in [0.29, 0.717) is 16.3 Å². The van der Waals surface area contributed by atoms with Gasteiger partial charge < -0.3 is 0 Å². The van der Waals surface area contributed by atoms with Crippen LogP contribution in [0.1, 0.15) is 5.56 Å². The van der Waals surface area contributed by atoms with E-state index in [1.807, 2.05) is 0 Å². The minimum absolute atomic E-state index is 0.499. The summed E-state index contributed by atoms with van der Waals surface area (Å²) in [6.45, 7) is 0. The van der Waals surface area contributed by atoms with Crippen molar-refractivity contribution in [2.24, 2.45) is 4.99 Å². The molecule has 0 fully saturated rings. The quantitative estimate of drug-likeness (QED) is 0.703. The summed E-state index contributed by atoms with van der Waals surface area (Å²) >= 11 is 5.72. The number of aliphatic imine (C=N–C) groups is 1. The summed E-state index contributed by atoms with van der Waals surface area (Å²) in [6.07, 6.45) is 1.46. The normalized spacial score (nSPS) is 11.0. The largest absolute Gasteiger partial charge is 0.256 e. The molecular weight excluding hydrogens is 244 g/mol. The number of benzene rings is 2. The first-order valence-electron chi connectivity index (χ1n) is 4.90. The molecule has 0 aliphatic heterocycles. The van der Waals surface area contributed by atoms with Crippen LogP contribution in [0.5, 0.6) is 0 Å². The molecule has 17 heavy (non-hydrogen) atoms. The summed E-state index contributed by atoms with van der Waals surface area (Å²) in [5.74, 6) is -1.75. The standard InChI is InChI=1S/C13H8ClF2N/c14-10-2-4-11(5-3-10)17-8-9-1-6-12(15)13(16)7-9/h1-8H. The minimum Gasteiger partial charge on any atom is -0.256 e. The Bertz CT molecular complexity index is 550. The van der Waals surface area contributed by atoms with E-state index in [1.165, 1.54) is 12.3 Å². The molecule has 0 amide bonds. The highest BCUT2D eigenvalue weighted by molar-refractivity contribution is 6.30. The SMILES string of the molecule is Fc1ccc(C=Nc2ccc(Cl)cc2)cc1F. The molecule has 0 aromatic heterocycles. The molecule has 1 nitrogen and oxygen atoms in total. The van der Waals surface area contributed by atoms with Crippen molar-refractivity contribution in [2.45, 2.75) is 0 Å². The van der Waals surface area contributed by atoms with Gasteiger partial charge in [0, 0.05) is 11.2 Å². The molecule has 0 aliphatic carbocycles. The Balaban J connectivity index is 2.20. The third kappa shape index (κ3) is 3.11. The number of hydrogen-bond acceptors (Lipinski definition) is 1. The van der Waals surface area contributed by atoms with Crippen LogP contribution in [0.3, 0.4) is 0 Å². The van der Waals surface area contributed by atoms with Crippen molar-refractivity contribution in [3.63, 3.8) is 0 Å². The van der Waals surface area contributed by atoms with Gasteiger partial charge in [0.25, 0.3) is 0 Å². The summed E-state index contributed by atoms with van der Waals surface area (Å²) in [6, 6.07) is 10.5. The zero-order chi connectivity index (χ0) is 12.3. The summed E-state index contributed by atoms with van der Waals surface area (Å²) in [5, 5.41) is 0.622. The molecule has 0 N–H and O–H groups in total. The summed E-state index contributed by atoms with van der Waals surface area (Å²) < 4.78 is 25.6. The third-order valence-corrected chi connectivity index (χ3v) is 2.38. The van der Waals surface area contributed by atoms with Gasteiger partial charge in [0.1, 0.15) is 0 Å². The lowest BCUT2D eigenvalue weighted by Crippen LogP contribution is -1.87. The molecule has 0 spiro atoms. The van der Waals surface area contributed by atoms with E-state index >= 15 is 0 Å². The maximum Gasteiger partial charge on any atom is 0.159 e. The van der Waals surface area contributed by atoms with E-state index in [9.17, 15) is 8.78 Å². The molecule has 2 aromatic carbocycles. The van der Waals surface area contributed by atoms with E-state index in [2.05, 4.69) is 4.99 Å². The molecule has 86 valence electrons. The molecule has 0 atom stereocenters. The van der Waals surface area contributed by atoms with Crippen LogP contribution in [0.2, 0.25) is 5.02 Å². The van der Waals surface area contributed by atoms with Gasteiger partial charge >= 0.3 is 0 Å².